The van der Waals surface area contributed by atoms with E-state index < -0.39 is 0 Å². The van der Waals surface area contributed by atoms with Crippen LogP contribution in [0.3, 0.4) is 0 Å². The molecule has 3 fully saturated rings. The lowest BCUT2D eigenvalue weighted by molar-refractivity contribution is -0.130. The Morgan fingerprint density at radius 1 is 1.09 bits per heavy atom. The van der Waals surface area contributed by atoms with Gasteiger partial charge in [0.1, 0.15) is 6.33 Å². The van der Waals surface area contributed by atoms with Crippen LogP contribution in [0.1, 0.15) is 57.8 Å². The van der Waals surface area contributed by atoms with Gasteiger partial charge in [-0.05, 0) is 31.6 Å². The van der Waals surface area contributed by atoms with E-state index >= 15 is 0 Å². The maximum atomic E-state index is 12.9. The van der Waals surface area contributed by atoms with Crippen LogP contribution in [0.4, 0.5) is 5.82 Å². The summed E-state index contributed by atoms with van der Waals surface area (Å²) in [7, 11) is 0. The average molecular weight is 440 g/mol. The van der Waals surface area contributed by atoms with Crippen molar-refractivity contribution < 1.29 is 9.59 Å². The van der Waals surface area contributed by atoms with Crippen LogP contribution in [0.5, 0.6) is 0 Å². The van der Waals surface area contributed by atoms with Crippen molar-refractivity contribution in [3.05, 3.63) is 18.7 Å². The van der Waals surface area contributed by atoms with E-state index in [1.54, 1.807) is 12.5 Å². The van der Waals surface area contributed by atoms with E-state index in [1.165, 1.54) is 25.7 Å². The lowest BCUT2D eigenvalue weighted by Crippen LogP contribution is -2.43. The Morgan fingerprint density at radius 3 is 2.78 bits per heavy atom. The van der Waals surface area contributed by atoms with Crippen molar-refractivity contribution in [2.24, 2.45) is 11.8 Å². The van der Waals surface area contributed by atoms with Crippen molar-refractivity contribution in [1.29, 1.82) is 0 Å². The molecule has 4 heterocycles. The summed E-state index contributed by atoms with van der Waals surface area (Å²) < 4.78 is 1.88. The first-order chi connectivity index (χ1) is 15.7. The summed E-state index contributed by atoms with van der Waals surface area (Å²) in [5.41, 5.74) is 0.764. The zero-order valence-corrected chi connectivity index (χ0v) is 18.7. The number of nitrogens with one attached hydrogen (secondary N) is 1. The van der Waals surface area contributed by atoms with Crippen LogP contribution < -0.4 is 10.2 Å². The van der Waals surface area contributed by atoms with Gasteiger partial charge < -0.3 is 15.1 Å². The Bertz CT molecular complexity index is 953. The summed E-state index contributed by atoms with van der Waals surface area (Å²) in [5, 5.41) is 11.4. The molecule has 0 spiro atoms. The molecule has 2 aromatic heterocycles. The molecule has 32 heavy (non-hydrogen) atoms. The van der Waals surface area contributed by atoms with E-state index in [9.17, 15) is 9.59 Å². The van der Waals surface area contributed by atoms with E-state index in [2.05, 4.69) is 25.4 Å². The second-order valence-corrected chi connectivity index (χ2v) is 9.60. The van der Waals surface area contributed by atoms with Gasteiger partial charge >= 0.3 is 0 Å². The van der Waals surface area contributed by atoms with Crippen LogP contribution in [-0.4, -0.2) is 68.5 Å². The van der Waals surface area contributed by atoms with Gasteiger partial charge in [-0.15, -0.1) is 10.2 Å². The van der Waals surface area contributed by atoms with Crippen LogP contribution in [0.25, 0.3) is 5.65 Å². The van der Waals surface area contributed by atoms with Gasteiger partial charge in [-0.3, -0.25) is 14.0 Å². The van der Waals surface area contributed by atoms with Crippen molar-refractivity contribution in [1.82, 2.24) is 29.8 Å². The highest BCUT2D eigenvalue weighted by molar-refractivity contribution is 5.89. The normalized spacial score (nSPS) is 25.3. The molecular formula is C23H33N7O2. The monoisotopic (exact) mass is 439 g/mol. The van der Waals surface area contributed by atoms with Gasteiger partial charge in [0.2, 0.25) is 17.5 Å². The minimum absolute atomic E-state index is 0.0317. The summed E-state index contributed by atoms with van der Waals surface area (Å²) >= 11 is 0. The minimum atomic E-state index is -0.211. The van der Waals surface area contributed by atoms with Crippen LogP contribution in [0.2, 0.25) is 0 Å². The number of fused-ring (bicyclic) bond motifs is 1. The number of aromatic nitrogens is 4. The molecule has 2 amide bonds. The average Bonchev–Trinajstić information content (AvgIpc) is 3.36. The van der Waals surface area contributed by atoms with E-state index in [0.29, 0.717) is 31.5 Å². The van der Waals surface area contributed by atoms with Crippen molar-refractivity contribution in [2.75, 3.05) is 31.1 Å². The third kappa shape index (κ3) is 4.42. The quantitative estimate of drug-likeness (QED) is 0.716. The molecule has 9 heteroatoms. The Kier molecular flexibility index (Phi) is 6.23. The molecule has 2 unspecified atom stereocenters. The highest BCUT2D eigenvalue weighted by Gasteiger charge is 2.38. The zero-order chi connectivity index (χ0) is 21.9. The third-order valence-electron chi connectivity index (χ3n) is 7.38. The largest absolute Gasteiger partial charge is 0.355 e. The highest BCUT2D eigenvalue weighted by atomic mass is 16.2. The van der Waals surface area contributed by atoms with Crippen molar-refractivity contribution in [3.63, 3.8) is 0 Å². The molecule has 2 saturated heterocycles. The number of likely N-dealkylation sites (tertiary alicyclic amines) is 1. The zero-order valence-electron chi connectivity index (χ0n) is 18.7. The molecule has 3 aliphatic rings. The van der Waals surface area contributed by atoms with Crippen LogP contribution in [-0.2, 0) is 9.59 Å². The molecule has 9 nitrogen and oxygen atoms in total. The first-order valence-corrected chi connectivity index (χ1v) is 12.2. The highest BCUT2D eigenvalue weighted by Crippen LogP contribution is 2.28. The predicted octanol–water partition coefficient (Wildman–Crippen LogP) is 2.03. The van der Waals surface area contributed by atoms with Crippen LogP contribution >= 0.6 is 0 Å². The first-order valence-electron chi connectivity index (χ1n) is 12.2. The number of hydrogen-bond acceptors (Lipinski definition) is 6. The first kappa shape index (κ1) is 21.2. The van der Waals surface area contributed by atoms with E-state index in [0.717, 1.165) is 50.2 Å². The molecule has 172 valence electrons. The number of piperidine rings is 1. The maximum Gasteiger partial charge on any atom is 0.225 e. The topological polar surface area (TPSA) is 95.7 Å². The summed E-state index contributed by atoms with van der Waals surface area (Å²) in [5.74, 6) is 1.18. The standard InChI is InChI=1S/C23H33N7O2/c31-20-12-18(15-30(20)19-7-3-1-2-4-8-19)23(32)25-13-17-6-5-10-28(14-17)21-22-27-26-16-29(22)11-9-24-21/h9,11,16-19H,1-8,10,12-15H2,(H,25,32). The van der Waals surface area contributed by atoms with Gasteiger partial charge in [-0.1, -0.05) is 25.7 Å². The molecule has 1 aliphatic carbocycles. The number of carbonyl (C=O) groups is 2. The van der Waals surface area contributed by atoms with E-state index in [1.807, 2.05) is 15.5 Å². The predicted molar refractivity (Wildman–Crippen MR) is 120 cm³/mol. The Balaban J connectivity index is 1.15. The molecule has 0 aromatic carbocycles. The number of hydrogen-bond donors (Lipinski definition) is 1. The summed E-state index contributed by atoms with van der Waals surface area (Å²) in [4.78, 5) is 34.3. The number of nitrogens with zero attached hydrogens (tertiary/aromatic N) is 6. The van der Waals surface area contributed by atoms with Gasteiger partial charge in [0.25, 0.3) is 0 Å². The van der Waals surface area contributed by atoms with E-state index in [4.69, 9.17) is 0 Å². The second-order valence-electron chi connectivity index (χ2n) is 9.60. The van der Waals surface area contributed by atoms with Gasteiger partial charge in [0, 0.05) is 51.0 Å². The molecule has 2 atom stereocenters. The second kappa shape index (κ2) is 9.42. The molecule has 1 saturated carbocycles. The fourth-order valence-corrected chi connectivity index (χ4v) is 5.61. The minimum Gasteiger partial charge on any atom is -0.355 e. The van der Waals surface area contributed by atoms with Gasteiger partial charge in [0.05, 0.1) is 5.92 Å². The number of anilines is 1. The lowest BCUT2D eigenvalue weighted by atomic mass is 9.97. The maximum absolute atomic E-state index is 12.9. The van der Waals surface area contributed by atoms with Crippen LogP contribution in [0, 0.1) is 11.8 Å². The molecule has 1 N–H and O–H groups in total. The Morgan fingerprint density at radius 2 is 1.94 bits per heavy atom. The smallest absolute Gasteiger partial charge is 0.225 e. The Labute approximate surface area is 188 Å². The summed E-state index contributed by atoms with van der Waals surface area (Å²) in [6, 6.07) is 0.335. The molecule has 5 rings (SSSR count). The summed E-state index contributed by atoms with van der Waals surface area (Å²) in [6.45, 7) is 2.99. The molecule has 0 radical (unpaired) electrons. The number of rotatable bonds is 5. The molecular weight excluding hydrogens is 406 g/mol. The van der Waals surface area contributed by atoms with E-state index in [-0.39, 0.29) is 17.7 Å². The SMILES string of the molecule is O=C(NCC1CCCN(c2nccn3cnnc23)C1)C1CC(=O)N(C2CCCCCC2)C1. The lowest BCUT2D eigenvalue weighted by Gasteiger charge is -2.33. The van der Waals surface area contributed by atoms with Crippen molar-refractivity contribution in [2.45, 2.75) is 63.8 Å². The fourth-order valence-electron chi connectivity index (χ4n) is 5.61. The van der Waals surface area contributed by atoms with Crippen molar-refractivity contribution in [3.8, 4) is 0 Å². The molecule has 2 aromatic rings. The van der Waals surface area contributed by atoms with Gasteiger partial charge in [0.15, 0.2) is 5.82 Å². The molecule has 2 aliphatic heterocycles. The van der Waals surface area contributed by atoms with Crippen molar-refractivity contribution >= 4 is 23.3 Å². The van der Waals surface area contributed by atoms with Gasteiger partial charge in [-0.25, -0.2) is 4.98 Å². The number of amides is 2. The van der Waals surface area contributed by atoms with Crippen LogP contribution in [0.15, 0.2) is 18.7 Å². The number of carbonyl (C=O) groups excluding carboxylic acids is 2. The fraction of sp³-hybridized carbons (Fsp3) is 0.696. The Hall–Kier alpha value is -2.71. The summed E-state index contributed by atoms with van der Waals surface area (Å²) in [6.07, 6.45) is 14.9. The molecule has 0 bridgehead atoms. The third-order valence-corrected chi connectivity index (χ3v) is 7.38. The van der Waals surface area contributed by atoms with Gasteiger partial charge in [-0.2, -0.15) is 0 Å².